The number of amides is 1. The number of aryl methyl sites for hydroxylation is 1. The van der Waals surface area contributed by atoms with Crippen molar-refractivity contribution < 1.29 is 13.2 Å². The molecule has 5 nitrogen and oxygen atoms in total. The van der Waals surface area contributed by atoms with Crippen LogP contribution in [0.3, 0.4) is 0 Å². The minimum atomic E-state index is -3.59. The van der Waals surface area contributed by atoms with Crippen molar-refractivity contribution in [3.05, 3.63) is 28.8 Å². The fraction of sp³-hybridized carbons (Fsp3) is 0.533. The molecule has 0 aromatic heterocycles. The van der Waals surface area contributed by atoms with E-state index in [1.165, 1.54) is 0 Å². The molecule has 0 aliphatic heterocycles. The van der Waals surface area contributed by atoms with E-state index in [4.69, 9.17) is 11.6 Å². The van der Waals surface area contributed by atoms with Crippen molar-refractivity contribution in [1.29, 1.82) is 0 Å². The standard InChI is InChI=1S/C15H23ClN2O3S/c1-10(2)12(4)17-15(19)9-18(22(5,20)21)14-8-13(16)7-6-11(14)3/h6-8,10,12H,9H2,1-5H3,(H,17,19)/t12-/m0/s1. The fourth-order valence-electron chi connectivity index (χ4n) is 1.83. The highest BCUT2D eigenvalue weighted by molar-refractivity contribution is 7.92. The normalized spacial score (nSPS) is 13.0. The topological polar surface area (TPSA) is 66.5 Å². The molecule has 22 heavy (non-hydrogen) atoms. The third-order valence-electron chi connectivity index (χ3n) is 3.52. The maximum absolute atomic E-state index is 12.1. The van der Waals surface area contributed by atoms with E-state index in [1.807, 2.05) is 20.8 Å². The van der Waals surface area contributed by atoms with Crippen molar-refractivity contribution in [2.45, 2.75) is 33.7 Å². The molecular formula is C15H23ClN2O3S. The van der Waals surface area contributed by atoms with E-state index in [9.17, 15) is 13.2 Å². The second-order valence-corrected chi connectivity index (χ2v) is 8.14. The SMILES string of the molecule is Cc1ccc(Cl)cc1N(CC(=O)N[C@@H](C)C(C)C)S(C)(=O)=O. The number of rotatable bonds is 6. The maximum atomic E-state index is 12.1. The van der Waals surface area contributed by atoms with Crippen LogP contribution in [0.4, 0.5) is 5.69 Å². The molecule has 1 rings (SSSR count). The van der Waals surface area contributed by atoms with Gasteiger partial charge in [0.15, 0.2) is 0 Å². The zero-order valence-corrected chi connectivity index (χ0v) is 15.1. The summed E-state index contributed by atoms with van der Waals surface area (Å²) < 4.78 is 25.2. The summed E-state index contributed by atoms with van der Waals surface area (Å²) in [6, 6.07) is 4.93. The number of nitrogens with zero attached hydrogens (tertiary/aromatic N) is 1. The lowest BCUT2D eigenvalue weighted by atomic mass is 10.1. The molecule has 0 heterocycles. The first-order chi connectivity index (χ1) is 10.0. The molecule has 0 bridgehead atoms. The van der Waals surface area contributed by atoms with Crippen LogP contribution in [0.1, 0.15) is 26.3 Å². The van der Waals surface area contributed by atoms with Gasteiger partial charge in [-0.25, -0.2) is 8.42 Å². The van der Waals surface area contributed by atoms with E-state index >= 15 is 0 Å². The van der Waals surface area contributed by atoms with Gasteiger partial charge < -0.3 is 5.32 Å². The molecule has 0 saturated carbocycles. The van der Waals surface area contributed by atoms with Gasteiger partial charge in [0.25, 0.3) is 0 Å². The average molecular weight is 347 g/mol. The van der Waals surface area contributed by atoms with Crippen LogP contribution in [0.15, 0.2) is 18.2 Å². The minimum Gasteiger partial charge on any atom is -0.352 e. The number of hydrogen-bond acceptors (Lipinski definition) is 3. The first-order valence-electron chi connectivity index (χ1n) is 7.05. The number of anilines is 1. The summed E-state index contributed by atoms with van der Waals surface area (Å²) in [7, 11) is -3.59. The van der Waals surface area contributed by atoms with Crippen molar-refractivity contribution in [2.24, 2.45) is 5.92 Å². The molecule has 1 N–H and O–H groups in total. The van der Waals surface area contributed by atoms with Gasteiger partial charge in [-0.1, -0.05) is 31.5 Å². The van der Waals surface area contributed by atoms with Crippen LogP contribution in [0.25, 0.3) is 0 Å². The fourth-order valence-corrected chi connectivity index (χ4v) is 2.90. The van der Waals surface area contributed by atoms with E-state index in [2.05, 4.69) is 5.32 Å². The Labute approximate surface area is 137 Å². The van der Waals surface area contributed by atoms with Crippen molar-refractivity contribution in [2.75, 3.05) is 17.1 Å². The maximum Gasteiger partial charge on any atom is 0.240 e. The summed E-state index contributed by atoms with van der Waals surface area (Å²) in [4.78, 5) is 12.1. The molecule has 1 atom stereocenters. The number of halogens is 1. The first kappa shape index (κ1) is 18.8. The molecule has 0 aliphatic rings. The minimum absolute atomic E-state index is 0.0330. The molecule has 7 heteroatoms. The number of hydrogen-bond donors (Lipinski definition) is 1. The third-order valence-corrected chi connectivity index (χ3v) is 4.88. The molecule has 1 aromatic rings. The number of benzene rings is 1. The van der Waals surface area contributed by atoms with Gasteiger partial charge in [0.1, 0.15) is 6.54 Å². The van der Waals surface area contributed by atoms with Crippen LogP contribution in [-0.4, -0.2) is 33.2 Å². The summed E-state index contributed by atoms with van der Waals surface area (Å²) in [6.07, 6.45) is 1.08. The zero-order chi connectivity index (χ0) is 17.1. The highest BCUT2D eigenvalue weighted by atomic mass is 35.5. The Morgan fingerprint density at radius 3 is 2.41 bits per heavy atom. The lowest BCUT2D eigenvalue weighted by molar-refractivity contribution is -0.120. The molecule has 1 aromatic carbocycles. The third kappa shape index (κ3) is 5.18. The number of carbonyl (C=O) groups is 1. The smallest absolute Gasteiger partial charge is 0.240 e. The summed E-state index contributed by atoms with van der Waals surface area (Å²) in [5.41, 5.74) is 1.15. The largest absolute Gasteiger partial charge is 0.352 e. The Morgan fingerprint density at radius 1 is 1.32 bits per heavy atom. The molecule has 0 spiro atoms. The Kier molecular flexibility index (Phi) is 6.26. The number of carbonyl (C=O) groups excluding carboxylic acids is 1. The van der Waals surface area contributed by atoms with Gasteiger partial charge >= 0.3 is 0 Å². The Bertz CT molecular complexity index is 644. The Hall–Kier alpha value is -1.27. The Morgan fingerprint density at radius 2 is 1.91 bits per heavy atom. The van der Waals surface area contributed by atoms with Crippen LogP contribution in [0, 0.1) is 12.8 Å². The monoisotopic (exact) mass is 346 g/mol. The molecule has 0 aliphatic carbocycles. The summed E-state index contributed by atoms with van der Waals surface area (Å²) in [5, 5.41) is 3.23. The highest BCUT2D eigenvalue weighted by Crippen LogP contribution is 2.26. The van der Waals surface area contributed by atoms with Gasteiger partial charge in [-0.05, 0) is 37.5 Å². The molecule has 124 valence electrons. The van der Waals surface area contributed by atoms with E-state index in [0.29, 0.717) is 10.7 Å². The average Bonchev–Trinajstić information content (AvgIpc) is 2.37. The van der Waals surface area contributed by atoms with Gasteiger partial charge in [0, 0.05) is 11.1 Å². The van der Waals surface area contributed by atoms with Crippen molar-refractivity contribution in [3.8, 4) is 0 Å². The van der Waals surface area contributed by atoms with Crippen LogP contribution in [0.2, 0.25) is 5.02 Å². The molecule has 0 radical (unpaired) electrons. The van der Waals surface area contributed by atoms with E-state index in [-0.39, 0.29) is 24.4 Å². The lowest BCUT2D eigenvalue weighted by Crippen LogP contribution is -2.44. The Balaban J connectivity index is 3.06. The highest BCUT2D eigenvalue weighted by Gasteiger charge is 2.23. The molecule has 1 amide bonds. The van der Waals surface area contributed by atoms with Crippen molar-refractivity contribution >= 4 is 33.2 Å². The zero-order valence-electron chi connectivity index (χ0n) is 13.6. The van der Waals surface area contributed by atoms with E-state index in [1.54, 1.807) is 25.1 Å². The summed E-state index contributed by atoms with van der Waals surface area (Å²) in [5.74, 6) is -0.0745. The van der Waals surface area contributed by atoms with E-state index < -0.39 is 10.0 Å². The second-order valence-electron chi connectivity index (χ2n) is 5.80. The predicted molar refractivity (Wildman–Crippen MR) is 90.8 cm³/mol. The van der Waals surface area contributed by atoms with E-state index in [0.717, 1.165) is 16.1 Å². The summed E-state index contributed by atoms with van der Waals surface area (Å²) >= 11 is 5.95. The van der Waals surface area contributed by atoms with Crippen LogP contribution in [-0.2, 0) is 14.8 Å². The predicted octanol–water partition coefficient (Wildman–Crippen LogP) is 2.58. The van der Waals surface area contributed by atoms with Crippen molar-refractivity contribution in [3.63, 3.8) is 0 Å². The second kappa shape index (κ2) is 7.33. The van der Waals surface area contributed by atoms with Crippen LogP contribution >= 0.6 is 11.6 Å². The first-order valence-corrected chi connectivity index (χ1v) is 9.28. The van der Waals surface area contributed by atoms with Gasteiger partial charge in [-0.2, -0.15) is 0 Å². The molecule has 0 fully saturated rings. The van der Waals surface area contributed by atoms with Gasteiger partial charge in [0.05, 0.1) is 11.9 Å². The number of nitrogens with one attached hydrogen (secondary N) is 1. The number of sulfonamides is 1. The molecular weight excluding hydrogens is 324 g/mol. The van der Waals surface area contributed by atoms with Gasteiger partial charge in [-0.15, -0.1) is 0 Å². The molecule has 0 saturated heterocycles. The quantitative estimate of drug-likeness (QED) is 0.860. The van der Waals surface area contributed by atoms with Crippen LogP contribution < -0.4 is 9.62 Å². The molecule has 0 unspecified atom stereocenters. The van der Waals surface area contributed by atoms with Crippen molar-refractivity contribution in [1.82, 2.24) is 5.32 Å². The lowest BCUT2D eigenvalue weighted by Gasteiger charge is -2.25. The van der Waals surface area contributed by atoms with Gasteiger partial charge in [-0.3, -0.25) is 9.10 Å². The van der Waals surface area contributed by atoms with Gasteiger partial charge in [0.2, 0.25) is 15.9 Å². The summed E-state index contributed by atoms with van der Waals surface area (Å²) in [6.45, 7) is 7.37. The van der Waals surface area contributed by atoms with Crippen LogP contribution in [0.5, 0.6) is 0 Å².